The Kier molecular flexibility index (Phi) is 4.57. The molecule has 0 aliphatic rings. The second-order valence-corrected chi connectivity index (χ2v) is 3.38. The van der Waals surface area contributed by atoms with E-state index in [4.69, 9.17) is 9.47 Å². The first kappa shape index (κ1) is 13.1. The highest BCUT2D eigenvalue weighted by atomic mass is 16.5. The lowest BCUT2D eigenvalue weighted by Gasteiger charge is -2.12. The van der Waals surface area contributed by atoms with Crippen LogP contribution >= 0.6 is 0 Å². The van der Waals surface area contributed by atoms with E-state index in [1.807, 2.05) is 19.1 Å². The first-order valence-electron chi connectivity index (χ1n) is 5.28. The average Bonchev–Trinajstić information content (AvgIpc) is 2.37. The van der Waals surface area contributed by atoms with Gasteiger partial charge in [-0.2, -0.15) is 0 Å². The molecular formula is C13H17NO3. The van der Waals surface area contributed by atoms with Gasteiger partial charge in [-0.25, -0.2) is 0 Å². The van der Waals surface area contributed by atoms with E-state index >= 15 is 0 Å². The van der Waals surface area contributed by atoms with Gasteiger partial charge in [0.15, 0.2) is 11.5 Å². The maximum Gasteiger partial charge on any atom is 0.251 e. The molecule has 4 nitrogen and oxygen atoms in total. The van der Waals surface area contributed by atoms with Crippen molar-refractivity contribution in [1.82, 2.24) is 5.32 Å². The number of ether oxygens (including phenoxy) is 2. The van der Waals surface area contributed by atoms with Crippen molar-refractivity contribution in [2.75, 3.05) is 21.3 Å². The van der Waals surface area contributed by atoms with Crippen LogP contribution in [0.1, 0.15) is 22.8 Å². The first-order chi connectivity index (χ1) is 8.17. The molecule has 0 aromatic heterocycles. The van der Waals surface area contributed by atoms with E-state index in [0.717, 1.165) is 5.56 Å². The molecule has 1 N–H and O–H groups in total. The Morgan fingerprint density at radius 3 is 2.47 bits per heavy atom. The van der Waals surface area contributed by atoms with Crippen molar-refractivity contribution in [2.24, 2.45) is 0 Å². The van der Waals surface area contributed by atoms with Crippen LogP contribution < -0.4 is 14.8 Å². The molecule has 0 heterocycles. The number of carbonyl (C=O) groups is 1. The summed E-state index contributed by atoms with van der Waals surface area (Å²) in [6, 6.07) is 3.42. The minimum absolute atomic E-state index is 0.156. The summed E-state index contributed by atoms with van der Waals surface area (Å²) in [7, 11) is 4.71. The van der Waals surface area contributed by atoms with Crippen molar-refractivity contribution < 1.29 is 14.3 Å². The van der Waals surface area contributed by atoms with Gasteiger partial charge in [-0.1, -0.05) is 12.2 Å². The molecule has 1 rings (SSSR count). The number of amides is 1. The van der Waals surface area contributed by atoms with Gasteiger partial charge in [0, 0.05) is 18.2 Å². The molecule has 0 bridgehead atoms. The molecule has 4 heteroatoms. The molecule has 0 saturated heterocycles. The number of benzene rings is 1. The molecule has 1 aromatic carbocycles. The maximum atomic E-state index is 11.6. The molecule has 0 fully saturated rings. The fourth-order valence-corrected chi connectivity index (χ4v) is 1.57. The Morgan fingerprint density at radius 1 is 1.29 bits per heavy atom. The maximum absolute atomic E-state index is 11.6. The number of hydrogen-bond acceptors (Lipinski definition) is 3. The fourth-order valence-electron chi connectivity index (χ4n) is 1.57. The smallest absolute Gasteiger partial charge is 0.251 e. The molecule has 0 atom stereocenters. The van der Waals surface area contributed by atoms with Crippen LogP contribution in [0.2, 0.25) is 0 Å². The van der Waals surface area contributed by atoms with Gasteiger partial charge < -0.3 is 14.8 Å². The quantitative estimate of drug-likeness (QED) is 0.869. The Morgan fingerprint density at radius 2 is 2.00 bits per heavy atom. The number of hydrogen-bond donors (Lipinski definition) is 1. The second kappa shape index (κ2) is 5.94. The number of nitrogens with one attached hydrogen (secondary N) is 1. The minimum Gasteiger partial charge on any atom is -0.493 e. The summed E-state index contributed by atoms with van der Waals surface area (Å²) in [5.41, 5.74) is 1.35. The number of rotatable bonds is 4. The Balaban J connectivity index is 3.39. The normalized spacial score (nSPS) is 10.4. The lowest BCUT2D eigenvalue weighted by atomic mass is 10.1. The highest BCUT2D eigenvalue weighted by Gasteiger charge is 2.13. The predicted octanol–water partition coefficient (Wildman–Crippen LogP) is 2.10. The summed E-state index contributed by atoms with van der Waals surface area (Å²) >= 11 is 0. The lowest BCUT2D eigenvalue weighted by molar-refractivity contribution is 0.0962. The summed E-state index contributed by atoms with van der Waals surface area (Å²) in [5, 5.41) is 2.58. The summed E-state index contributed by atoms with van der Waals surface area (Å²) in [6.07, 6.45) is 3.75. The van der Waals surface area contributed by atoms with Crippen LogP contribution in [-0.2, 0) is 0 Å². The van der Waals surface area contributed by atoms with Crippen molar-refractivity contribution in [3.8, 4) is 11.5 Å². The molecule has 0 aliphatic carbocycles. The average molecular weight is 235 g/mol. The standard InChI is InChI=1S/C13H17NO3/c1-5-6-9-7-10(13(15)14-2)8-11(16-3)12(9)17-4/h5-8H,1-4H3,(H,14,15)/b6-5+. The van der Waals surface area contributed by atoms with Gasteiger partial charge in [0.05, 0.1) is 14.2 Å². The molecule has 1 aromatic rings. The summed E-state index contributed by atoms with van der Waals surface area (Å²) < 4.78 is 10.5. The zero-order valence-electron chi connectivity index (χ0n) is 10.5. The highest BCUT2D eigenvalue weighted by molar-refractivity contribution is 5.95. The van der Waals surface area contributed by atoms with Crippen LogP contribution in [-0.4, -0.2) is 27.2 Å². The Labute approximate surface area is 101 Å². The van der Waals surface area contributed by atoms with E-state index in [2.05, 4.69) is 5.32 Å². The molecule has 0 spiro atoms. The Hall–Kier alpha value is -1.97. The van der Waals surface area contributed by atoms with Gasteiger partial charge in [-0.15, -0.1) is 0 Å². The fraction of sp³-hybridized carbons (Fsp3) is 0.308. The van der Waals surface area contributed by atoms with Gasteiger partial charge in [0.1, 0.15) is 0 Å². The van der Waals surface area contributed by atoms with Crippen molar-refractivity contribution in [2.45, 2.75) is 6.92 Å². The topological polar surface area (TPSA) is 47.6 Å². The third-order valence-corrected chi connectivity index (χ3v) is 2.34. The van der Waals surface area contributed by atoms with Gasteiger partial charge in [-0.3, -0.25) is 4.79 Å². The van der Waals surface area contributed by atoms with Crippen LogP contribution in [0.5, 0.6) is 11.5 Å². The minimum atomic E-state index is -0.156. The zero-order valence-corrected chi connectivity index (χ0v) is 10.5. The highest BCUT2D eigenvalue weighted by Crippen LogP contribution is 2.33. The van der Waals surface area contributed by atoms with Gasteiger partial charge in [0.25, 0.3) is 5.91 Å². The first-order valence-corrected chi connectivity index (χ1v) is 5.28. The largest absolute Gasteiger partial charge is 0.493 e. The molecular weight excluding hydrogens is 218 g/mol. The zero-order chi connectivity index (χ0) is 12.8. The van der Waals surface area contributed by atoms with Gasteiger partial charge in [-0.05, 0) is 19.1 Å². The van der Waals surface area contributed by atoms with E-state index in [0.29, 0.717) is 17.1 Å². The molecule has 17 heavy (non-hydrogen) atoms. The number of methoxy groups -OCH3 is 2. The third-order valence-electron chi connectivity index (χ3n) is 2.34. The van der Waals surface area contributed by atoms with E-state index in [-0.39, 0.29) is 5.91 Å². The molecule has 0 saturated carbocycles. The predicted molar refractivity (Wildman–Crippen MR) is 67.6 cm³/mol. The number of carbonyl (C=O) groups excluding carboxylic acids is 1. The molecule has 0 aliphatic heterocycles. The monoisotopic (exact) mass is 235 g/mol. The SMILES string of the molecule is C/C=C/c1cc(C(=O)NC)cc(OC)c1OC. The van der Waals surface area contributed by atoms with Crippen molar-refractivity contribution in [3.63, 3.8) is 0 Å². The number of allylic oxidation sites excluding steroid dienone is 1. The van der Waals surface area contributed by atoms with Crippen LogP contribution in [0.25, 0.3) is 6.08 Å². The van der Waals surface area contributed by atoms with Crippen LogP contribution in [0, 0.1) is 0 Å². The van der Waals surface area contributed by atoms with Crippen molar-refractivity contribution in [1.29, 1.82) is 0 Å². The van der Waals surface area contributed by atoms with Crippen LogP contribution in [0.3, 0.4) is 0 Å². The molecule has 0 radical (unpaired) electrons. The molecule has 92 valence electrons. The second-order valence-electron chi connectivity index (χ2n) is 3.38. The summed E-state index contributed by atoms with van der Waals surface area (Å²) in [6.45, 7) is 1.90. The molecule has 0 unspecified atom stereocenters. The van der Waals surface area contributed by atoms with E-state index < -0.39 is 0 Å². The van der Waals surface area contributed by atoms with Gasteiger partial charge in [0.2, 0.25) is 0 Å². The lowest BCUT2D eigenvalue weighted by Crippen LogP contribution is -2.18. The summed E-state index contributed by atoms with van der Waals surface area (Å²) in [5.74, 6) is 1.01. The van der Waals surface area contributed by atoms with E-state index in [9.17, 15) is 4.79 Å². The van der Waals surface area contributed by atoms with E-state index in [1.165, 1.54) is 0 Å². The summed E-state index contributed by atoms with van der Waals surface area (Å²) in [4.78, 5) is 11.6. The third kappa shape index (κ3) is 2.78. The van der Waals surface area contributed by atoms with Crippen LogP contribution in [0.4, 0.5) is 0 Å². The van der Waals surface area contributed by atoms with Crippen LogP contribution in [0.15, 0.2) is 18.2 Å². The van der Waals surface area contributed by atoms with E-state index in [1.54, 1.807) is 33.4 Å². The molecule has 1 amide bonds. The Bertz CT molecular complexity index is 439. The van der Waals surface area contributed by atoms with Crippen molar-refractivity contribution >= 4 is 12.0 Å². The van der Waals surface area contributed by atoms with Crippen molar-refractivity contribution in [3.05, 3.63) is 29.3 Å². The van der Waals surface area contributed by atoms with Gasteiger partial charge >= 0.3 is 0 Å².